The number of phenolic OH excluding ortho intramolecular Hbond substituents is 1. The fourth-order valence-electron chi connectivity index (χ4n) is 8.50. The van der Waals surface area contributed by atoms with E-state index in [4.69, 9.17) is 9.97 Å². The number of hydrogen-bond acceptors (Lipinski definition) is 9. The van der Waals surface area contributed by atoms with Gasteiger partial charge in [-0.1, -0.05) is 97.0 Å². The number of carbonyl (C=O) groups excluding carboxylic acids is 1. The lowest BCUT2D eigenvalue weighted by atomic mass is 9.96. The van der Waals surface area contributed by atoms with Crippen molar-refractivity contribution in [3.63, 3.8) is 0 Å². The normalized spacial score (nSPS) is 15.5. The highest BCUT2D eigenvalue weighted by Crippen LogP contribution is 2.35. The van der Waals surface area contributed by atoms with Gasteiger partial charge < -0.3 is 19.9 Å². The summed E-state index contributed by atoms with van der Waals surface area (Å²) in [5.41, 5.74) is 6.31. The number of benzene rings is 2. The Morgan fingerprint density at radius 1 is 0.877 bits per heavy atom. The molecule has 2 aliphatic heterocycles. The van der Waals surface area contributed by atoms with Crippen LogP contribution in [0.2, 0.25) is 0 Å². The Kier molecular flexibility index (Phi) is 13.6. The summed E-state index contributed by atoms with van der Waals surface area (Å²) in [6.07, 6.45) is 20.2. The van der Waals surface area contributed by atoms with Gasteiger partial charge in [-0.2, -0.15) is 5.10 Å². The Morgan fingerprint density at radius 3 is 2.26 bits per heavy atom. The summed E-state index contributed by atoms with van der Waals surface area (Å²) in [6.45, 7) is 9.16. The van der Waals surface area contributed by atoms with E-state index in [1.807, 2.05) is 25.1 Å². The fraction of sp³-hybridized carbons (Fsp3) is 0.533. The second kappa shape index (κ2) is 19.2. The highest BCUT2D eigenvalue weighted by Gasteiger charge is 2.34. The number of nitrogens with one attached hydrogen (secondary N) is 2. The van der Waals surface area contributed by atoms with E-state index in [-0.39, 0.29) is 17.6 Å². The predicted molar refractivity (Wildman–Crippen MR) is 225 cm³/mol. The van der Waals surface area contributed by atoms with Gasteiger partial charge in [0.2, 0.25) is 0 Å². The van der Waals surface area contributed by atoms with Crippen molar-refractivity contribution in [2.45, 2.75) is 123 Å². The van der Waals surface area contributed by atoms with Gasteiger partial charge in [-0.25, -0.2) is 19.3 Å². The predicted octanol–water partition coefficient (Wildman–Crippen LogP) is 9.23. The van der Waals surface area contributed by atoms with Gasteiger partial charge in [-0.3, -0.25) is 14.8 Å². The van der Waals surface area contributed by atoms with Crippen molar-refractivity contribution in [1.82, 2.24) is 39.9 Å². The smallest absolute Gasteiger partial charge is 0.199 e. The second-order valence-corrected chi connectivity index (χ2v) is 16.2. The number of aryl methyl sites for hydroxylation is 1. The van der Waals surface area contributed by atoms with Gasteiger partial charge in [0, 0.05) is 44.7 Å². The summed E-state index contributed by atoms with van der Waals surface area (Å²) in [5.74, 6) is 0.547. The fourth-order valence-corrected chi connectivity index (χ4v) is 8.50. The van der Waals surface area contributed by atoms with E-state index in [1.165, 1.54) is 76.3 Å². The largest absolute Gasteiger partial charge is 0.505 e. The Labute approximate surface area is 336 Å². The average molecular weight is 778 g/mol. The molecule has 7 rings (SSSR count). The number of rotatable bonds is 20. The van der Waals surface area contributed by atoms with Crippen LogP contribution in [0.25, 0.3) is 33.5 Å². The molecule has 5 heterocycles. The molecule has 1 atom stereocenters. The standard InChI is InChI=1S/C45H60FN9O2/c1-4-6-7-8-9-10-11-12-13-14-15-16-17-40(44(57)37-27-48-42(28-47-37)54-22-20-53(3)21-23-54)55-29-38-39(30-55)50-45(49-38)43-33-19-18-32(24-36(33)51-52-43)34-26-35(46)41(56)25-31(34)5-2/h18-19,24-28,40,56H,4-17,20-23,29-30H2,1-3H3,(H,49,50)(H,51,52). The van der Waals surface area contributed by atoms with Crippen molar-refractivity contribution in [3.05, 3.63) is 71.2 Å². The van der Waals surface area contributed by atoms with Crippen LogP contribution in [0.3, 0.4) is 0 Å². The molecule has 2 aromatic carbocycles. The van der Waals surface area contributed by atoms with Crippen LogP contribution >= 0.6 is 0 Å². The van der Waals surface area contributed by atoms with Crippen LogP contribution in [-0.4, -0.2) is 90.1 Å². The number of H-pyrrole nitrogens is 2. The van der Waals surface area contributed by atoms with Gasteiger partial charge in [-0.15, -0.1) is 0 Å². The number of anilines is 1. The Balaban J connectivity index is 1.01. The van der Waals surface area contributed by atoms with E-state index in [1.54, 1.807) is 12.4 Å². The summed E-state index contributed by atoms with van der Waals surface area (Å²) in [7, 11) is 2.13. The lowest BCUT2D eigenvalue weighted by Crippen LogP contribution is -2.45. The third-order valence-corrected chi connectivity index (χ3v) is 12.0. The molecule has 5 aromatic rings. The monoisotopic (exact) mass is 777 g/mol. The number of aromatic nitrogens is 6. The van der Waals surface area contributed by atoms with Crippen LogP contribution in [0.1, 0.15) is 125 Å². The molecule has 0 bridgehead atoms. The summed E-state index contributed by atoms with van der Waals surface area (Å²) in [4.78, 5) is 38.9. The van der Waals surface area contributed by atoms with Crippen molar-refractivity contribution < 1.29 is 14.3 Å². The zero-order chi connectivity index (χ0) is 39.7. The lowest BCUT2D eigenvalue weighted by Gasteiger charge is -2.33. The summed E-state index contributed by atoms with van der Waals surface area (Å²) >= 11 is 0. The first-order valence-corrected chi connectivity index (χ1v) is 21.4. The zero-order valence-electron chi connectivity index (χ0n) is 34.1. The Morgan fingerprint density at radius 2 is 1.60 bits per heavy atom. The molecule has 304 valence electrons. The summed E-state index contributed by atoms with van der Waals surface area (Å²) in [5, 5.41) is 18.6. The molecule has 0 saturated carbocycles. The molecule has 0 amide bonds. The van der Waals surface area contributed by atoms with Gasteiger partial charge >= 0.3 is 0 Å². The minimum atomic E-state index is -0.642. The van der Waals surface area contributed by atoms with Crippen molar-refractivity contribution in [1.29, 1.82) is 0 Å². The van der Waals surface area contributed by atoms with Crippen LogP contribution in [0.15, 0.2) is 42.7 Å². The zero-order valence-corrected chi connectivity index (χ0v) is 34.1. The molecular formula is C45H60FN9O2. The number of aromatic hydroxyl groups is 1. The number of nitrogens with zero attached hydrogens (tertiary/aromatic N) is 7. The SMILES string of the molecule is CCCCCCCCCCCCCCC(C(=O)c1cnc(N2CCN(C)CC2)cn1)N1Cc2nc(-c3n[nH]c4cc(-c5cc(F)c(O)cc5CC)ccc34)[nH]c2C1. The lowest BCUT2D eigenvalue weighted by molar-refractivity contribution is 0.0787. The number of likely N-dealkylation sites (N-methyl/N-ethyl adjacent to an activating group) is 1. The van der Waals surface area contributed by atoms with Gasteiger partial charge in [0.05, 0.1) is 35.3 Å². The molecule has 1 unspecified atom stereocenters. The third-order valence-electron chi connectivity index (χ3n) is 12.0. The molecule has 0 spiro atoms. The van der Waals surface area contributed by atoms with E-state index >= 15 is 0 Å². The minimum Gasteiger partial charge on any atom is -0.505 e. The molecule has 1 fully saturated rings. The van der Waals surface area contributed by atoms with Gasteiger partial charge in [0.25, 0.3) is 0 Å². The first kappa shape index (κ1) is 40.5. The van der Waals surface area contributed by atoms with Crippen molar-refractivity contribution >= 4 is 22.5 Å². The van der Waals surface area contributed by atoms with E-state index in [0.717, 1.165) is 90.2 Å². The Bertz CT molecular complexity index is 2060. The van der Waals surface area contributed by atoms with Crippen LogP contribution < -0.4 is 4.90 Å². The summed E-state index contributed by atoms with van der Waals surface area (Å²) < 4.78 is 14.4. The Hall–Kier alpha value is -4.68. The van der Waals surface area contributed by atoms with E-state index in [9.17, 15) is 14.3 Å². The van der Waals surface area contributed by atoms with Gasteiger partial charge in [-0.05, 0) is 60.8 Å². The van der Waals surface area contributed by atoms with Crippen molar-refractivity contribution in [2.75, 3.05) is 38.1 Å². The molecule has 0 radical (unpaired) electrons. The molecule has 12 heteroatoms. The molecule has 2 aliphatic rings. The molecule has 11 nitrogen and oxygen atoms in total. The number of halogens is 1. The molecular weight excluding hydrogens is 718 g/mol. The third kappa shape index (κ3) is 9.72. The number of ketones is 1. The summed E-state index contributed by atoms with van der Waals surface area (Å²) in [6, 6.07) is 8.47. The van der Waals surface area contributed by atoms with Crippen LogP contribution in [0.5, 0.6) is 5.75 Å². The highest BCUT2D eigenvalue weighted by atomic mass is 19.1. The van der Waals surface area contributed by atoms with E-state index in [0.29, 0.717) is 36.7 Å². The molecule has 3 N–H and O–H groups in total. The number of Topliss-reactive ketones (excluding diaryl/α,β-unsaturated/α-hetero) is 1. The van der Waals surface area contributed by atoms with Gasteiger partial charge in [0.1, 0.15) is 17.2 Å². The van der Waals surface area contributed by atoms with E-state index < -0.39 is 5.82 Å². The maximum Gasteiger partial charge on any atom is 0.199 e. The molecule has 1 saturated heterocycles. The van der Waals surface area contributed by atoms with Crippen molar-refractivity contribution in [2.24, 2.45) is 0 Å². The topological polar surface area (TPSA) is 130 Å². The highest BCUT2D eigenvalue weighted by molar-refractivity contribution is 5.98. The van der Waals surface area contributed by atoms with E-state index in [2.05, 4.69) is 48.8 Å². The minimum absolute atomic E-state index is 0.0229. The quantitative estimate of drug-likeness (QED) is 0.0523. The number of phenols is 1. The number of imidazole rings is 1. The number of carbonyl (C=O) groups is 1. The van der Waals surface area contributed by atoms with Gasteiger partial charge in [0.15, 0.2) is 23.2 Å². The number of hydrogen-bond donors (Lipinski definition) is 3. The maximum absolute atomic E-state index is 14.4. The number of piperazine rings is 1. The van der Waals surface area contributed by atoms with Crippen LogP contribution in [0, 0.1) is 5.82 Å². The molecule has 57 heavy (non-hydrogen) atoms. The number of fused-ring (bicyclic) bond motifs is 2. The first-order chi connectivity index (χ1) is 27.8. The maximum atomic E-state index is 14.4. The average Bonchev–Trinajstić information content (AvgIpc) is 3.94. The second-order valence-electron chi connectivity index (χ2n) is 16.2. The number of aromatic amines is 2. The number of unbranched alkanes of at least 4 members (excludes halogenated alkanes) is 11. The van der Waals surface area contributed by atoms with Crippen LogP contribution in [-0.2, 0) is 19.5 Å². The first-order valence-electron chi connectivity index (χ1n) is 21.4. The van der Waals surface area contributed by atoms with Crippen molar-refractivity contribution in [3.8, 4) is 28.4 Å². The van der Waals surface area contributed by atoms with Crippen LogP contribution in [0.4, 0.5) is 10.2 Å². The molecule has 3 aromatic heterocycles. The molecule has 0 aliphatic carbocycles.